The predicted octanol–water partition coefficient (Wildman–Crippen LogP) is 0.835. The Kier molecular flexibility index (Phi) is 5.02. The molecule has 1 amide bonds. The Balaban J connectivity index is 2.57. The maximum Gasteiger partial charge on any atom is 0.230 e. The number of nitrogen functional groups attached to an aromatic ring is 1. The number of rotatable bonds is 6. The molecule has 0 atom stereocenters. The number of carbonyl (C=O) groups excluding carboxylic acids is 1. The molecular formula is C10H17N5OS. The molecule has 0 saturated carbocycles. The van der Waals surface area contributed by atoms with Crippen molar-refractivity contribution in [3.8, 4) is 0 Å². The van der Waals surface area contributed by atoms with Crippen LogP contribution in [0.5, 0.6) is 0 Å². The number of hydrogen-bond donors (Lipinski definition) is 2. The van der Waals surface area contributed by atoms with Crippen LogP contribution in [0.2, 0.25) is 0 Å². The van der Waals surface area contributed by atoms with Crippen LogP contribution in [0, 0.1) is 0 Å². The summed E-state index contributed by atoms with van der Waals surface area (Å²) in [6, 6.07) is 0.170. The van der Waals surface area contributed by atoms with Crippen LogP contribution in [0.25, 0.3) is 0 Å². The minimum atomic E-state index is -0.0632. The monoisotopic (exact) mass is 255 g/mol. The zero-order valence-corrected chi connectivity index (χ0v) is 10.8. The first-order chi connectivity index (χ1) is 8.06. The maximum atomic E-state index is 11.4. The lowest BCUT2D eigenvalue weighted by Gasteiger charge is -2.10. The van der Waals surface area contributed by atoms with Crippen LogP contribution in [-0.4, -0.2) is 33.0 Å². The number of anilines is 1. The fourth-order valence-corrected chi connectivity index (χ4v) is 2.14. The fraction of sp³-hybridized carbons (Fsp3) is 0.500. The van der Waals surface area contributed by atoms with Crippen LogP contribution in [0.4, 0.5) is 5.95 Å². The molecule has 6 nitrogen and oxygen atoms in total. The highest BCUT2D eigenvalue weighted by Gasteiger charge is 2.13. The molecule has 0 aliphatic heterocycles. The van der Waals surface area contributed by atoms with Gasteiger partial charge in [0.15, 0.2) is 5.16 Å². The van der Waals surface area contributed by atoms with Crippen molar-refractivity contribution in [3.63, 3.8) is 0 Å². The van der Waals surface area contributed by atoms with Crippen molar-refractivity contribution in [2.45, 2.75) is 25.0 Å². The SMILES string of the molecule is C=CCNC(=O)CSc1nnc(N)n1C(C)C. The fourth-order valence-electron chi connectivity index (χ4n) is 1.24. The second-order valence-corrected chi connectivity index (χ2v) is 4.63. The quantitative estimate of drug-likeness (QED) is 0.581. The Morgan fingerprint density at radius 2 is 2.35 bits per heavy atom. The van der Waals surface area contributed by atoms with E-state index in [9.17, 15) is 4.79 Å². The van der Waals surface area contributed by atoms with Gasteiger partial charge in [0, 0.05) is 12.6 Å². The number of nitrogens with two attached hydrogens (primary N) is 1. The molecule has 1 aromatic heterocycles. The number of hydrogen-bond acceptors (Lipinski definition) is 5. The first-order valence-electron chi connectivity index (χ1n) is 5.27. The average Bonchev–Trinajstić information content (AvgIpc) is 2.65. The van der Waals surface area contributed by atoms with E-state index in [2.05, 4.69) is 22.1 Å². The van der Waals surface area contributed by atoms with Crippen LogP contribution in [0.15, 0.2) is 17.8 Å². The van der Waals surface area contributed by atoms with Gasteiger partial charge in [0.2, 0.25) is 11.9 Å². The minimum absolute atomic E-state index is 0.0632. The number of thioether (sulfide) groups is 1. The Morgan fingerprint density at radius 3 is 2.94 bits per heavy atom. The smallest absolute Gasteiger partial charge is 0.230 e. The van der Waals surface area contributed by atoms with E-state index >= 15 is 0 Å². The number of aromatic nitrogens is 3. The molecular weight excluding hydrogens is 238 g/mol. The summed E-state index contributed by atoms with van der Waals surface area (Å²) in [5, 5.41) is 11.1. The third kappa shape index (κ3) is 3.77. The maximum absolute atomic E-state index is 11.4. The van der Waals surface area contributed by atoms with Crippen molar-refractivity contribution >= 4 is 23.6 Å². The molecule has 0 saturated heterocycles. The van der Waals surface area contributed by atoms with Crippen LogP contribution in [0.3, 0.4) is 0 Å². The highest BCUT2D eigenvalue weighted by atomic mass is 32.2. The Morgan fingerprint density at radius 1 is 1.65 bits per heavy atom. The molecule has 1 rings (SSSR count). The van der Waals surface area contributed by atoms with Crippen molar-refractivity contribution in [1.82, 2.24) is 20.1 Å². The van der Waals surface area contributed by atoms with Gasteiger partial charge in [-0.05, 0) is 13.8 Å². The van der Waals surface area contributed by atoms with E-state index in [0.29, 0.717) is 23.4 Å². The molecule has 0 bridgehead atoms. The van der Waals surface area contributed by atoms with Crippen molar-refractivity contribution in [1.29, 1.82) is 0 Å². The van der Waals surface area contributed by atoms with E-state index < -0.39 is 0 Å². The van der Waals surface area contributed by atoms with Crippen LogP contribution >= 0.6 is 11.8 Å². The van der Waals surface area contributed by atoms with Gasteiger partial charge >= 0.3 is 0 Å². The van der Waals surface area contributed by atoms with Gasteiger partial charge < -0.3 is 11.1 Å². The summed E-state index contributed by atoms with van der Waals surface area (Å²) in [7, 11) is 0. The summed E-state index contributed by atoms with van der Waals surface area (Å²) in [5.41, 5.74) is 5.69. The molecule has 0 aliphatic rings. The zero-order valence-electron chi connectivity index (χ0n) is 10.0. The molecule has 0 spiro atoms. The molecule has 3 N–H and O–H groups in total. The third-order valence-corrected chi connectivity index (χ3v) is 2.93. The molecule has 17 heavy (non-hydrogen) atoms. The van der Waals surface area contributed by atoms with E-state index in [1.165, 1.54) is 11.8 Å². The molecule has 0 unspecified atom stereocenters. The number of carbonyl (C=O) groups is 1. The van der Waals surface area contributed by atoms with E-state index in [-0.39, 0.29) is 11.9 Å². The summed E-state index contributed by atoms with van der Waals surface area (Å²) >= 11 is 1.32. The molecule has 1 aromatic rings. The lowest BCUT2D eigenvalue weighted by molar-refractivity contribution is -0.118. The van der Waals surface area contributed by atoms with Crippen molar-refractivity contribution in [2.75, 3.05) is 18.0 Å². The van der Waals surface area contributed by atoms with Gasteiger partial charge in [0.05, 0.1) is 5.75 Å². The number of amides is 1. The molecule has 0 aliphatic carbocycles. The lowest BCUT2D eigenvalue weighted by Crippen LogP contribution is -2.25. The average molecular weight is 255 g/mol. The summed E-state index contributed by atoms with van der Waals surface area (Å²) in [4.78, 5) is 11.4. The van der Waals surface area contributed by atoms with E-state index in [1.54, 1.807) is 10.6 Å². The van der Waals surface area contributed by atoms with Crippen LogP contribution in [-0.2, 0) is 4.79 Å². The van der Waals surface area contributed by atoms with Crippen molar-refractivity contribution < 1.29 is 4.79 Å². The Labute approximate surface area is 105 Å². The number of nitrogens with one attached hydrogen (secondary N) is 1. The summed E-state index contributed by atoms with van der Waals surface area (Å²) in [6.45, 7) is 7.97. The second kappa shape index (κ2) is 6.29. The molecule has 0 aromatic carbocycles. The van der Waals surface area contributed by atoms with E-state index in [1.807, 2.05) is 13.8 Å². The van der Waals surface area contributed by atoms with Gasteiger partial charge in [-0.3, -0.25) is 9.36 Å². The van der Waals surface area contributed by atoms with Crippen LogP contribution < -0.4 is 11.1 Å². The lowest BCUT2D eigenvalue weighted by atomic mass is 10.4. The topological polar surface area (TPSA) is 85.8 Å². The van der Waals surface area contributed by atoms with Crippen LogP contribution in [0.1, 0.15) is 19.9 Å². The Bertz CT molecular complexity index is 401. The van der Waals surface area contributed by atoms with Crippen molar-refractivity contribution in [2.24, 2.45) is 0 Å². The van der Waals surface area contributed by atoms with Gasteiger partial charge in [0.1, 0.15) is 0 Å². The summed E-state index contributed by atoms with van der Waals surface area (Å²) in [6.07, 6.45) is 1.64. The standard InChI is InChI=1S/C10H17N5OS/c1-4-5-12-8(16)6-17-10-14-13-9(11)15(10)7(2)3/h4,7H,1,5-6H2,2-3H3,(H2,11,13)(H,12,16). The molecule has 1 heterocycles. The van der Waals surface area contributed by atoms with Gasteiger partial charge in [-0.25, -0.2) is 0 Å². The summed E-state index contributed by atoms with van der Waals surface area (Å²) < 4.78 is 1.80. The van der Waals surface area contributed by atoms with Gasteiger partial charge in [-0.15, -0.1) is 16.8 Å². The highest BCUT2D eigenvalue weighted by Crippen LogP contribution is 2.22. The third-order valence-electron chi connectivity index (χ3n) is 1.98. The molecule has 94 valence electrons. The Hall–Kier alpha value is -1.50. The molecule has 0 radical (unpaired) electrons. The minimum Gasteiger partial charge on any atom is -0.368 e. The largest absolute Gasteiger partial charge is 0.368 e. The first kappa shape index (κ1) is 13.6. The number of nitrogens with zero attached hydrogens (tertiary/aromatic N) is 3. The van der Waals surface area contributed by atoms with Gasteiger partial charge in [0.25, 0.3) is 0 Å². The van der Waals surface area contributed by atoms with E-state index in [4.69, 9.17) is 5.73 Å². The normalized spacial score (nSPS) is 10.5. The summed E-state index contributed by atoms with van der Waals surface area (Å²) in [5.74, 6) is 0.597. The van der Waals surface area contributed by atoms with Gasteiger partial charge in [-0.1, -0.05) is 17.8 Å². The van der Waals surface area contributed by atoms with E-state index in [0.717, 1.165) is 0 Å². The van der Waals surface area contributed by atoms with Gasteiger partial charge in [-0.2, -0.15) is 0 Å². The highest BCUT2D eigenvalue weighted by molar-refractivity contribution is 7.99. The first-order valence-corrected chi connectivity index (χ1v) is 6.25. The molecule has 7 heteroatoms. The predicted molar refractivity (Wildman–Crippen MR) is 68.8 cm³/mol. The second-order valence-electron chi connectivity index (χ2n) is 3.69. The zero-order chi connectivity index (χ0) is 12.8. The van der Waals surface area contributed by atoms with Crippen molar-refractivity contribution in [3.05, 3.63) is 12.7 Å². The molecule has 0 fully saturated rings.